The van der Waals surface area contributed by atoms with Gasteiger partial charge in [0.15, 0.2) is 0 Å². The van der Waals surface area contributed by atoms with Gasteiger partial charge in [-0.2, -0.15) is 0 Å². The summed E-state index contributed by atoms with van der Waals surface area (Å²) >= 11 is 0. The summed E-state index contributed by atoms with van der Waals surface area (Å²) in [5.41, 5.74) is 1.74. The summed E-state index contributed by atoms with van der Waals surface area (Å²) in [6.45, 7) is 6.31. The highest BCUT2D eigenvalue weighted by atomic mass is 16.5. The van der Waals surface area contributed by atoms with Crippen molar-refractivity contribution in [3.8, 4) is 0 Å². The molecule has 1 aliphatic carbocycles. The lowest BCUT2D eigenvalue weighted by atomic mass is 9.82. The van der Waals surface area contributed by atoms with Gasteiger partial charge in [-0.1, -0.05) is 54.6 Å². The Morgan fingerprint density at radius 3 is 2.76 bits per heavy atom. The molecule has 0 aromatic heterocycles. The average Bonchev–Trinajstić information content (AvgIpc) is 3.06. The molecule has 0 unspecified atom stereocenters. The SMILES string of the molecule is C=C[C@@](C)(/C=C/COC(=O)C1=CCCC1)c1ccccc1. The third-order valence-electron chi connectivity index (χ3n) is 3.90. The van der Waals surface area contributed by atoms with Gasteiger partial charge in [0, 0.05) is 11.0 Å². The van der Waals surface area contributed by atoms with E-state index in [1.807, 2.05) is 42.5 Å². The normalized spacial score (nSPS) is 17.3. The van der Waals surface area contributed by atoms with Crippen LogP contribution < -0.4 is 0 Å². The molecule has 1 aromatic carbocycles. The maximum absolute atomic E-state index is 11.8. The van der Waals surface area contributed by atoms with Gasteiger partial charge in [-0.25, -0.2) is 4.79 Å². The van der Waals surface area contributed by atoms with Gasteiger partial charge >= 0.3 is 5.97 Å². The van der Waals surface area contributed by atoms with E-state index in [0.29, 0.717) is 6.61 Å². The first kappa shape index (κ1) is 15.3. The number of hydrogen-bond acceptors (Lipinski definition) is 2. The predicted octanol–water partition coefficient (Wildman–Crippen LogP) is 4.34. The molecular formula is C19H22O2. The number of allylic oxidation sites excluding steroid dienone is 3. The molecule has 2 heteroatoms. The van der Waals surface area contributed by atoms with E-state index >= 15 is 0 Å². The summed E-state index contributed by atoms with van der Waals surface area (Å²) in [6, 6.07) is 10.2. The fraction of sp³-hybridized carbons (Fsp3) is 0.316. The number of carbonyl (C=O) groups excluding carboxylic acids is 1. The van der Waals surface area contributed by atoms with E-state index in [2.05, 4.69) is 25.6 Å². The lowest BCUT2D eigenvalue weighted by Gasteiger charge is -2.22. The van der Waals surface area contributed by atoms with Crippen LogP contribution in [0.25, 0.3) is 0 Å². The largest absolute Gasteiger partial charge is 0.458 e. The van der Waals surface area contributed by atoms with Crippen LogP contribution >= 0.6 is 0 Å². The predicted molar refractivity (Wildman–Crippen MR) is 86.0 cm³/mol. The Hall–Kier alpha value is -2.09. The van der Waals surface area contributed by atoms with Gasteiger partial charge in [0.25, 0.3) is 0 Å². The quantitative estimate of drug-likeness (QED) is 0.573. The second-order valence-corrected chi connectivity index (χ2v) is 5.48. The van der Waals surface area contributed by atoms with Gasteiger partial charge in [-0.3, -0.25) is 0 Å². The molecular weight excluding hydrogens is 260 g/mol. The Bertz CT molecular complexity index is 554. The van der Waals surface area contributed by atoms with Gasteiger partial charge in [0.05, 0.1) is 0 Å². The number of benzene rings is 1. The van der Waals surface area contributed by atoms with Crippen LogP contribution in [0.4, 0.5) is 0 Å². The van der Waals surface area contributed by atoms with Crippen molar-refractivity contribution < 1.29 is 9.53 Å². The van der Waals surface area contributed by atoms with Gasteiger partial charge in [0.1, 0.15) is 6.61 Å². The smallest absolute Gasteiger partial charge is 0.333 e. The van der Waals surface area contributed by atoms with E-state index in [-0.39, 0.29) is 11.4 Å². The van der Waals surface area contributed by atoms with E-state index in [0.717, 1.165) is 24.8 Å². The number of carbonyl (C=O) groups is 1. The molecule has 1 aromatic rings. The van der Waals surface area contributed by atoms with Crippen LogP contribution in [0.15, 0.2) is 66.8 Å². The molecule has 1 atom stereocenters. The summed E-state index contributed by atoms with van der Waals surface area (Å²) < 4.78 is 5.27. The highest BCUT2D eigenvalue weighted by molar-refractivity contribution is 5.88. The summed E-state index contributed by atoms with van der Waals surface area (Å²) in [5, 5.41) is 0. The molecule has 2 nitrogen and oxygen atoms in total. The molecule has 2 rings (SSSR count). The molecule has 0 saturated carbocycles. The second kappa shape index (κ2) is 7.07. The molecule has 0 bridgehead atoms. The number of ether oxygens (including phenoxy) is 1. The van der Waals surface area contributed by atoms with Crippen LogP contribution in [-0.4, -0.2) is 12.6 Å². The first-order chi connectivity index (χ1) is 10.2. The Kier molecular flexibility index (Phi) is 5.15. The van der Waals surface area contributed by atoms with Crippen molar-refractivity contribution in [1.29, 1.82) is 0 Å². The molecule has 0 spiro atoms. The minimum absolute atomic E-state index is 0.183. The average molecular weight is 282 g/mol. The maximum atomic E-state index is 11.8. The Morgan fingerprint density at radius 1 is 1.38 bits per heavy atom. The lowest BCUT2D eigenvalue weighted by Crippen LogP contribution is -2.15. The Balaban J connectivity index is 1.93. The van der Waals surface area contributed by atoms with Crippen LogP contribution in [0.2, 0.25) is 0 Å². The molecule has 1 aliphatic rings. The van der Waals surface area contributed by atoms with Crippen molar-refractivity contribution in [2.24, 2.45) is 0 Å². The third-order valence-corrected chi connectivity index (χ3v) is 3.90. The number of esters is 1. The zero-order valence-electron chi connectivity index (χ0n) is 12.5. The number of hydrogen-bond donors (Lipinski definition) is 0. The van der Waals surface area contributed by atoms with E-state index in [4.69, 9.17) is 4.74 Å². The minimum atomic E-state index is -0.250. The van der Waals surface area contributed by atoms with Gasteiger partial charge < -0.3 is 4.74 Å². The standard InChI is InChI=1S/C19H22O2/c1-3-19(2,17-12-5-4-6-13-17)14-9-15-21-18(20)16-10-7-8-11-16/h3-6,9-10,12-14H,1,7-8,11,15H2,2H3/b14-9+/t19-/m0/s1. The molecule has 0 heterocycles. The molecule has 21 heavy (non-hydrogen) atoms. The highest BCUT2D eigenvalue weighted by Gasteiger charge is 2.19. The van der Waals surface area contributed by atoms with Crippen LogP contribution in [-0.2, 0) is 14.9 Å². The van der Waals surface area contributed by atoms with Crippen LogP contribution in [0.5, 0.6) is 0 Å². The molecule has 0 aliphatic heterocycles. The van der Waals surface area contributed by atoms with Crippen molar-refractivity contribution in [3.05, 3.63) is 72.4 Å². The van der Waals surface area contributed by atoms with Crippen molar-refractivity contribution in [2.45, 2.75) is 31.6 Å². The Labute approximate surface area is 126 Å². The van der Waals surface area contributed by atoms with Crippen molar-refractivity contribution in [2.75, 3.05) is 6.61 Å². The van der Waals surface area contributed by atoms with Crippen molar-refractivity contribution in [1.82, 2.24) is 0 Å². The molecule has 0 saturated heterocycles. The second-order valence-electron chi connectivity index (χ2n) is 5.48. The molecule has 0 N–H and O–H groups in total. The molecule has 0 radical (unpaired) electrons. The lowest BCUT2D eigenvalue weighted by molar-refractivity contribution is -0.137. The van der Waals surface area contributed by atoms with E-state index in [9.17, 15) is 4.79 Å². The summed E-state index contributed by atoms with van der Waals surface area (Å²) in [6.07, 6.45) is 10.7. The monoisotopic (exact) mass is 282 g/mol. The topological polar surface area (TPSA) is 26.3 Å². The summed E-state index contributed by atoms with van der Waals surface area (Å²) in [4.78, 5) is 11.8. The van der Waals surface area contributed by atoms with Gasteiger partial charge in [0.2, 0.25) is 0 Å². The number of rotatable bonds is 6. The first-order valence-electron chi connectivity index (χ1n) is 7.39. The van der Waals surface area contributed by atoms with E-state index in [1.165, 1.54) is 5.56 Å². The molecule has 0 amide bonds. The van der Waals surface area contributed by atoms with Crippen molar-refractivity contribution >= 4 is 5.97 Å². The zero-order chi connectivity index (χ0) is 15.1. The zero-order valence-corrected chi connectivity index (χ0v) is 12.5. The van der Waals surface area contributed by atoms with E-state index < -0.39 is 0 Å². The fourth-order valence-corrected chi connectivity index (χ4v) is 2.45. The van der Waals surface area contributed by atoms with Gasteiger partial charge in [-0.15, -0.1) is 6.58 Å². The summed E-state index contributed by atoms with van der Waals surface area (Å²) in [5.74, 6) is -0.183. The molecule has 0 fully saturated rings. The maximum Gasteiger partial charge on any atom is 0.333 e. The first-order valence-corrected chi connectivity index (χ1v) is 7.39. The van der Waals surface area contributed by atoms with Crippen LogP contribution in [0.1, 0.15) is 31.7 Å². The fourth-order valence-electron chi connectivity index (χ4n) is 2.45. The van der Waals surface area contributed by atoms with Crippen molar-refractivity contribution in [3.63, 3.8) is 0 Å². The third kappa shape index (κ3) is 3.94. The van der Waals surface area contributed by atoms with Crippen LogP contribution in [0, 0.1) is 0 Å². The summed E-state index contributed by atoms with van der Waals surface area (Å²) in [7, 11) is 0. The molecule has 110 valence electrons. The van der Waals surface area contributed by atoms with E-state index in [1.54, 1.807) is 0 Å². The van der Waals surface area contributed by atoms with Crippen LogP contribution in [0.3, 0.4) is 0 Å². The minimum Gasteiger partial charge on any atom is -0.458 e. The van der Waals surface area contributed by atoms with Gasteiger partial charge in [-0.05, 0) is 31.7 Å². The Morgan fingerprint density at radius 2 is 2.14 bits per heavy atom. The highest BCUT2D eigenvalue weighted by Crippen LogP contribution is 2.26.